The predicted octanol–water partition coefficient (Wildman–Crippen LogP) is 1.38. The van der Waals surface area contributed by atoms with Crippen molar-refractivity contribution in [3.8, 4) is 11.8 Å². The summed E-state index contributed by atoms with van der Waals surface area (Å²) >= 11 is 0. The van der Waals surface area contributed by atoms with Gasteiger partial charge in [0.1, 0.15) is 5.75 Å². The summed E-state index contributed by atoms with van der Waals surface area (Å²) in [6, 6.07) is 5.51. The van der Waals surface area contributed by atoms with Crippen LogP contribution >= 0.6 is 0 Å². The van der Waals surface area contributed by atoms with E-state index in [-0.39, 0.29) is 17.9 Å². The Labute approximate surface area is 110 Å². The quantitative estimate of drug-likeness (QED) is 0.869. The Morgan fingerprint density at radius 3 is 2.74 bits per heavy atom. The summed E-state index contributed by atoms with van der Waals surface area (Å²) in [5.74, 6) is 0.374. The highest BCUT2D eigenvalue weighted by Gasteiger charge is 2.14. The van der Waals surface area contributed by atoms with Crippen LogP contribution in [-0.2, 0) is 0 Å². The number of methoxy groups -OCH3 is 2. The van der Waals surface area contributed by atoms with Crippen molar-refractivity contribution in [2.24, 2.45) is 0 Å². The maximum absolute atomic E-state index is 12.1. The topological polar surface area (TPSA) is 89.1 Å². The van der Waals surface area contributed by atoms with Gasteiger partial charge in [-0.25, -0.2) is 5.10 Å². The van der Waals surface area contributed by atoms with E-state index >= 15 is 0 Å². The first-order chi connectivity index (χ1) is 9.13. The van der Waals surface area contributed by atoms with Gasteiger partial charge in [0, 0.05) is 0 Å². The van der Waals surface area contributed by atoms with Crippen molar-refractivity contribution < 1.29 is 14.3 Å². The van der Waals surface area contributed by atoms with Crippen LogP contribution in [0.4, 0.5) is 5.95 Å². The lowest BCUT2D eigenvalue weighted by molar-refractivity contribution is 0.102. The zero-order valence-corrected chi connectivity index (χ0v) is 10.9. The molecule has 2 aromatic rings. The Hall–Kier alpha value is -2.57. The lowest BCUT2D eigenvalue weighted by Crippen LogP contribution is -2.14. The SMILES string of the molecule is COc1n[nH]c(NC(=O)c2cc(C)ccc2OC)n1. The average Bonchev–Trinajstić information content (AvgIpc) is 2.86. The first-order valence-electron chi connectivity index (χ1n) is 5.56. The van der Waals surface area contributed by atoms with Gasteiger partial charge in [-0.2, -0.15) is 4.98 Å². The van der Waals surface area contributed by atoms with Gasteiger partial charge in [0.2, 0.25) is 5.95 Å². The van der Waals surface area contributed by atoms with Crippen LogP contribution in [0.1, 0.15) is 15.9 Å². The van der Waals surface area contributed by atoms with Crippen LogP contribution in [0.25, 0.3) is 0 Å². The smallest absolute Gasteiger partial charge is 0.336 e. The van der Waals surface area contributed by atoms with Crippen LogP contribution in [0.15, 0.2) is 18.2 Å². The molecule has 0 aliphatic carbocycles. The molecule has 19 heavy (non-hydrogen) atoms. The summed E-state index contributed by atoms with van der Waals surface area (Å²) in [4.78, 5) is 16.0. The van der Waals surface area contributed by atoms with Crippen LogP contribution < -0.4 is 14.8 Å². The van der Waals surface area contributed by atoms with E-state index in [1.807, 2.05) is 13.0 Å². The highest BCUT2D eigenvalue weighted by Crippen LogP contribution is 2.20. The molecule has 7 nitrogen and oxygen atoms in total. The molecule has 0 spiro atoms. The van der Waals surface area contributed by atoms with Crippen LogP contribution in [0.3, 0.4) is 0 Å². The lowest BCUT2D eigenvalue weighted by Gasteiger charge is -2.08. The van der Waals surface area contributed by atoms with Crippen molar-refractivity contribution in [1.82, 2.24) is 15.2 Å². The third kappa shape index (κ3) is 2.82. The van der Waals surface area contributed by atoms with Crippen LogP contribution in [0.2, 0.25) is 0 Å². The summed E-state index contributed by atoms with van der Waals surface area (Å²) in [5.41, 5.74) is 1.39. The summed E-state index contributed by atoms with van der Waals surface area (Å²) < 4.78 is 9.97. The molecular formula is C12H14N4O3. The maximum Gasteiger partial charge on any atom is 0.336 e. The van der Waals surface area contributed by atoms with Gasteiger partial charge in [0.05, 0.1) is 19.8 Å². The average molecular weight is 262 g/mol. The molecule has 0 fully saturated rings. The summed E-state index contributed by atoms with van der Waals surface area (Å²) in [6.07, 6.45) is 0. The summed E-state index contributed by atoms with van der Waals surface area (Å²) in [6.45, 7) is 1.90. The maximum atomic E-state index is 12.1. The number of amides is 1. The van der Waals surface area contributed by atoms with E-state index in [9.17, 15) is 4.79 Å². The van der Waals surface area contributed by atoms with Gasteiger partial charge in [-0.3, -0.25) is 10.1 Å². The molecule has 0 saturated carbocycles. The Morgan fingerprint density at radius 1 is 1.32 bits per heavy atom. The molecule has 2 N–H and O–H groups in total. The van der Waals surface area contributed by atoms with Crippen molar-refractivity contribution in [3.05, 3.63) is 29.3 Å². The van der Waals surface area contributed by atoms with Gasteiger partial charge < -0.3 is 9.47 Å². The Bertz CT molecular complexity index is 594. The number of aromatic amines is 1. The van der Waals surface area contributed by atoms with Gasteiger partial charge in [0.25, 0.3) is 5.91 Å². The highest BCUT2D eigenvalue weighted by atomic mass is 16.5. The fourth-order valence-corrected chi connectivity index (χ4v) is 1.57. The molecule has 1 amide bonds. The molecule has 1 aromatic heterocycles. The molecule has 0 aliphatic rings. The number of benzene rings is 1. The number of hydrogen-bond acceptors (Lipinski definition) is 5. The largest absolute Gasteiger partial charge is 0.496 e. The summed E-state index contributed by atoms with van der Waals surface area (Å²) in [7, 11) is 2.96. The van der Waals surface area contributed by atoms with Gasteiger partial charge in [-0.15, -0.1) is 5.10 Å². The minimum Gasteiger partial charge on any atom is -0.496 e. The number of hydrogen-bond donors (Lipinski definition) is 2. The van der Waals surface area contributed by atoms with E-state index in [4.69, 9.17) is 9.47 Å². The lowest BCUT2D eigenvalue weighted by atomic mass is 10.1. The minimum absolute atomic E-state index is 0.159. The van der Waals surface area contributed by atoms with Crippen molar-refractivity contribution >= 4 is 11.9 Å². The zero-order valence-electron chi connectivity index (χ0n) is 10.9. The Morgan fingerprint density at radius 2 is 2.11 bits per heavy atom. The van der Waals surface area contributed by atoms with Crippen molar-refractivity contribution in [2.45, 2.75) is 6.92 Å². The van der Waals surface area contributed by atoms with E-state index in [2.05, 4.69) is 20.5 Å². The zero-order chi connectivity index (χ0) is 13.8. The van der Waals surface area contributed by atoms with E-state index in [1.165, 1.54) is 14.2 Å². The minimum atomic E-state index is -0.334. The molecule has 2 rings (SSSR count). The molecule has 100 valence electrons. The fraction of sp³-hybridized carbons (Fsp3) is 0.250. The molecule has 7 heteroatoms. The van der Waals surface area contributed by atoms with E-state index in [0.29, 0.717) is 11.3 Å². The number of anilines is 1. The Kier molecular flexibility index (Phi) is 3.65. The molecule has 0 aliphatic heterocycles. The number of aryl methyl sites for hydroxylation is 1. The number of H-pyrrole nitrogens is 1. The first kappa shape index (κ1) is 12.9. The van der Waals surface area contributed by atoms with Crippen molar-refractivity contribution in [2.75, 3.05) is 19.5 Å². The Balaban J connectivity index is 2.21. The third-order valence-electron chi connectivity index (χ3n) is 2.48. The molecule has 0 atom stereocenters. The first-order valence-corrected chi connectivity index (χ1v) is 5.56. The van der Waals surface area contributed by atoms with Crippen molar-refractivity contribution in [3.63, 3.8) is 0 Å². The van der Waals surface area contributed by atoms with Gasteiger partial charge in [-0.05, 0) is 19.1 Å². The second-order valence-corrected chi connectivity index (χ2v) is 3.83. The molecule has 0 radical (unpaired) electrons. The molecular weight excluding hydrogens is 248 g/mol. The number of ether oxygens (including phenoxy) is 2. The highest BCUT2D eigenvalue weighted by molar-refractivity contribution is 6.05. The third-order valence-corrected chi connectivity index (χ3v) is 2.48. The standard InChI is InChI=1S/C12H14N4O3/c1-7-4-5-9(18-2)8(6-7)10(17)13-11-14-12(19-3)16-15-11/h4-6H,1-3H3,(H2,13,14,15,16,17). The van der Waals surface area contributed by atoms with Crippen LogP contribution in [-0.4, -0.2) is 35.3 Å². The van der Waals surface area contributed by atoms with E-state index < -0.39 is 0 Å². The number of rotatable bonds is 4. The van der Waals surface area contributed by atoms with Gasteiger partial charge >= 0.3 is 6.01 Å². The van der Waals surface area contributed by atoms with Crippen LogP contribution in [0, 0.1) is 6.92 Å². The number of carbonyl (C=O) groups is 1. The van der Waals surface area contributed by atoms with E-state index in [1.54, 1.807) is 12.1 Å². The van der Waals surface area contributed by atoms with E-state index in [0.717, 1.165) is 5.56 Å². The predicted molar refractivity (Wildman–Crippen MR) is 68.6 cm³/mol. The van der Waals surface area contributed by atoms with Gasteiger partial charge in [0.15, 0.2) is 0 Å². The molecule has 1 heterocycles. The second kappa shape index (κ2) is 5.38. The number of aromatic nitrogens is 3. The van der Waals surface area contributed by atoms with Gasteiger partial charge in [-0.1, -0.05) is 11.6 Å². The number of nitrogens with zero attached hydrogens (tertiary/aromatic N) is 2. The second-order valence-electron chi connectivity index (χ2n) is 3.83. The number of carbonyl (C=O) groups excluding carboxylic acids is 1. The normalized spacial score (nSPS) is 10.1. The molecule has 0 unspecified atom stereocenters. The molecule has 0 bridgehead atoms. The molecule has 0 saturated heterocycles. The summed E-state index contributed by atoms with van der Waals surface area (Å²) in [5, 5.41) is 8.87. The van der Waals surface area contributed by atoms with Crippen molar-refractivity contribution in [1.29, 1.82) is 0 Å². The van der Waals surface area contributed by atoms with Crippen LogP contribution in [0.5, 0.6) is 11.8 Å². The monoisotopic (exact) mass is 262 g/mol. The molecule has 1 aromatic carbocycles. The number of nitrogens with one attached hydrogen (secondary N) is 2. The fourth-order valence-electron chi connectivity index (χ4n) is 1.57.